The first-order valence-electron chi connectivity index (χ1n) is 6.92. The van der Waals surface area contributed by atoms with Gasteiger partial charge in [0.2, 0.25) is 0 Å². The van der Waals surface area contributed by atoms with Gasteiger partial charge in [-0.2, -0.15) is 0 Å². The van der Waals surface area contributed by atoms with Crippen molar-refractivity contribution in [3.63, 3.8) is 0 Å². The van der Waals surface area contributed by atoms with Crippen LogP contribution in [0.25, 0.3) is 0 Å². The van der Waals surface area contributed by atoms with Gasteiger partial charge in [0.15, 0.2) is 0 Å². The van der Waals surface area contributed by atoms with Crippen LogP contribution in [0, 0.1) is 0 Å². The average Bonchev–Trinajstić information content (AvgIpc) is 2.47. The maximum Gasteiger partial charge on any atom is 0.127 e. The minimum absolute atomic E-state index is 0.338. The van der Waals surface area contributed by atoms with E-state index in [1.807, 2.05) is 18.2 Å². The van der Waals surface area contributed by atoms with E-state index in [9.17, 15) is 0 Å². The monoisotopic (exact) mass is 300 g/mol. The van der Waals surface area contributed by atoms with Crippen LogP contribution in [-0.4, -0.2) is 49.7 Å². The van der Waals surface area contributed by atoms with Gasteiger partial charge in [-0.05, 0) is 19.9 Å². The molecule has 0 aromatic heterocycles. The third-order valence-corrected chi connectivity index (χ3v) is 2.59. The number of nitrogens with one attached hydrogen (secondary N) is 1. The van der Waals surface area contributed by atoms with E-state index < -0.39 is 0 Å². The molecule has 0 spiro atoms. The lowest BCUT2D eigenvalue weighted by Gasteiger charge is -2.12. The highest BCUT2D eigenvalue weighted by Crippen LogP contribution is 2.24. The summed E-state index contributed by atoms with van der Waals surface area (Å²) >= 11 is 0. The predicted molar refractivity (Wildman–Crippen MR) is 83.7 cm³/mol. The second kappa shape index (κ2) is 11.3. The van der Waals surface area contributed by atoms with E-state index in [2.05, 4.69) is 5.32 Å². The number of rotatable bonds is 7. The Bertz CT molecular complexity index is 384. The molecule has 0 saturated carbocycles. The number of aliphatic hydroxyl groups is 2. The summed E-state index contributed by atoms with van der Waals surface area (Å²) in [4.78, 5) is 0. The van der Waals surface area contributed by atoms with Crippen LogP contribution in [0.15, 0.2) is 18.2 Å². The predicted octanol–water partition coefficient (Wildman–Crippen LogP) is 0.500. The quantitative estimate of drug-likeness (QED) is 0.585. The third-order valence-electron chi connectivity index (χ3n) is 2.59. The largest absolute Gasteiger partial charge is 0.497 e. The summed E-state index contributed by atoms with van der Waals surface area (Å²) in [6.07, 6.45) is -0.681. The molecular weight excluding hydrogens is 272 g/mol. The highest BCUT2D eigenvalue weighted by molar-refractivity contribution is 5.40. The molecule has 0 aliphatic rings. The summed E-state index contributed by atoms with van der Waals surface area (Å²) in [5, 5.41) is 20.5. The molecule has 0 fully saturated rings. The number of aliphatic hydroxyl groups excluding tert-OH is 2. The first-order chi connectivity index (χ1) is 9.94. The summed E-state index contributed by atoms with van der Waals surface area (Å²) in [6.45, 7) is 4.99. The Morgan fingerprint density at radius 1 is 1.14 bits per heavy atom. The van der Waals surface area contributed by atoms with Crippen molar-refractivity contribution in [2.75, 3.05) is 27.3 Å². The second-order valence-corrected chi connectivity index (χ2v) is 4.74. The van der Waals surface area contributed by atoms with Crippen LogP contribution < -0.4 is 20.5 Å². The van der Waals surface area contributed by atoms with E-state index in [0.717, 1.165) is 17.1 Å². The van der Waals surface area contributed by atoms with Gasteiger partial charge in [-0.1, -0.05) is 6.07 Å². The number of ether oxygens (including phenoxy) is 2. The first-order valence-corrected chi connectivity index (χ1v) is 6.92. The fourth-order valence-electron chi connectivity index (χ4n) is 1.41. The van der Waals surface area contributed by atoms with Crippen LogP contribution in [0.3, 0.4) is 0 Å². The number of benzene rings is 1. The molecule has 6 nitrogen and oxygen atoms in total. The number of methoxy groups -OCH3 is 2. The standard InChI is InChI=1S/C12H19NO3.C3H9NO/c1-9(14)7-13-8-10-4-5-11(15-2)6-12(10)16-3;1-3(5)2-4/h4-6,9,13-14H,7-8H2,1-3H3;3,5H,2,4H2,1H3/t9-;3-/m11/s1. The molecule has 5 N–H and O–H groups in total. The molecule has 6 heteroatoms. The zero-order valence-corrected chi connectivity index (χ0v) is 13.3. The van der Waals surface area contributed by atoms with Crippen LogP contribution in [0.1, 0.15) is 19.4 Å². The number of nitrogens with two attached hydrogens (primary N) is 1. The zero-order chi connectivity index (χ0) is 16.3. The molecule has 1 aromatic rings. The summed E-state index contributed by atoms with van der Waals surface area (Å²) in [7, 11) is 3.26. The van der Waals surface area contributed by atoms with Crippen molar-refractivity contribution in [1.82, 2.24) is 5.32 Å². The maximum atomic E-state index is 9.13. The average molecular weight is 300 g/mol. The Balaban J connectivity index is 0.000000690. The van der Waals surface area contributed by atoms with Gasteiger partial charge in [-0.3, -0.25) is 0 Å². The van der Waals surface area contributed by atoms with Crippen molar-refractivity contribution in [2.45, 2.75) is 32.6 Å². The minimum Gasteiger partial charge on any atom is -0.497 e. The van der Waals surface area contributed by atoms with E-state index in [4.69, 9.17) is 25.4 Å². The number of hydrogen-bond donors (Lipinski definition) is 4. The fraction of sp³-hybridized carbons (Fsp3) is 0.600. The van der Waals surface area contributed by atoms with E-state index in [1.165, 1.54) is 0 Å². The summed E-state index contributed by atoms with van der Waals surface area (Å²) in [6, 6.07) is 5.69. The summed E-state index contributed by atoms with van der Waals surface area (Å²) in [5.74, 6) is 1.56. The Kier molecular flexibility index (Phi) is 10.6. The molecule has 122 valence electrons. The van der Waals surface area contributed by atoms with E-state index in [-0.39, 0.29) is 12.2 Å². The molecule has 0 unspecified atom stereocenters. The van der Waals surface area contributed by atoms with Crippen molar-refractivity contribution in [1.29, 1.82) is 0 Å². The normalized spacial score (nSPS) is 12.9. The lowest BCUT2D eigenvalue weighted by Crippen LogP contribution is -2.24. The topological polar surface area (TPSA) is 97.0 Å². The van der Waals surface area contributed by atoms with Crippen molar-refractivity contribution in [3.05, 3.63) is 23.8 Å². The van der Waals surface area contributed by atoms with E-state index in [0.29, 0.717) is 19.6 Å². The van der Waals surface area contributed by atoms with Crippen LogP contribution in [0.2, 0.25) is 0 Å². The first kappa shape index (κ1) is 19.7. The second-order valence-electron chi connectivity index (χ2n) is 4.74. The molecular formula is C15H28N2O4. The van der Waals surface area contributed by atoms with Crippen LogP contribution >= 0.6 is 0 Å². The lowest BCUT2D eigenvalue weighted by molar-refractivity contribution is 0.191. The van der Waals surface area contributed by atoms with Gasteiger partial charge in [0.05, 0.1) is 26.4 Å². The van der Waals surface area contributed by atoms with Crippen LogP contribution in [0.4, 0.5) is 0 Å². The van der Waals surface area contributed by atoms with Crippen molar-refractivity contribution >= 4 is 0 Å². The van der Waals surface area contributed by atoms with Gasteiger partial charge < -0.3 is 30.7 Å². The van der Waals surface area contributed by atoms with Gasteiger partial charge in [0.1, 0.15) is 11.5 Å². The molecule has 0 amide bonds. The van der Waals surface area contributed by atoms with Crippen LogP contribution in [0.5, 0.6) is 11.5 Å². The Morgan fingerprint density at radius 3 is 2.19 bits per heavy atom. The molecule has 0 heterocycles. The molecule has 21 heavy (non-hydrogen) atoms. The van der Waals surface area contributed by atoms with Crippen molar-refractivity contribution in [2.24, 2.45) is 5.73 Å². The Morgan fingerprint density at radius 2 is 1.76 bits per heavy atom. The maximum absolute atomic E-state index is 9.13. The van der Waals surface area contributed by atoms with Crippen LogP contribution in [-0.2, 0) is 6.54 Å². The Labute approximate surface area is 126 Å². The molecule has 1 aromatic carbocycles. The third kappa shape index (κ3) is 9.25. The van der Waals surface area contributed by atoms with Gasteiger partial charge in [0.25, 0.3) is 0 Å². The minimum atomic E-state index is -0.343. The highest BCUT2D eigenvalue weighted by atomic mass is 16.5. The zero-order valence-electron chi connectivity index (χ0n) is 13.3. The van der Waals surface area contributed by atoms with Gasteiger partial charge in [-0.25, -0.2) is 0 Å². The highest BCUT2D eigenvalue weighted by Gasteiger charge is 2.04. The van der Waals surface area contributed by atoms with E-state index in [1.54, 1.807) is 28.1 Å². The smallest absolute Gasteiger partial charge is 0.127 e. The molecule has 0 bridgehead atoms. The molecule has 1 rings (SSSR count). The molecule has 2 atom stereocenters. The Hall–Kier alpha value is -1.34. The van der Waals surface area contributed by atoms with Gasteiger partial charge >= 0.3 is 0 Å². The summed E-state index contributed by atoms with van der Waals surface area (Å²) < 4.78 is 10.4. The lowest BCUT2D eigenvalue weighted by atomic mass is 10.2. The molecule has 0 aliphatic heterocycles. The van der Waals surface area contributed by atoms with Crippen molar-refractivity contribution in [3.8, 4) is 11.5 Å². The van der Waals surface area contributed by atoms with E-state index >= 15 is 0 Å². The fourth-order valence-corrected chi connectivity index (χ4v) is 1.41. The SMILES string of the molecule is COc1ccc(CNC[C@@H](C)O)c(OC)c1.C[C@@H](O)CN. The summed E-state index contributed by atoms with van der Waals surface area (Å²) in [5.41, 5.74) is 5.97. The van der Waals surface area contributed by atoms with Gasteiger partial charge in [-0.15, -0.1) is 0 Å². The van der Waals surface area contributed by atoms with Crippen molar-refractivity contribution < 1.29 is 19.7 Å². The number of hydrogen-bond acceptors (Lipinski definition) is 6. The van der Waals surface area contributed by atoms with Gasteiger partial charge in [0, 0.05) is 31.3 Å². The molecule has 0 radical (unpaired) electrons. The molecule has 0 saturated heterocycles. The molecule has 0 aliphatic carbocycles.